The van der Waals surface area contributed by atoms with Crippen LogP contribution in [0.5, 0.6) is 0 Å². The van der Waals surface area contributed by atoms with E-state index in [1.807, 2.05) is 41.0 Å². The molecule has 0 unspecified atom stereocenters. The Kier molecular flexibility index (Phi) is 4.61. The van der Waals surface area contributed by atoms with Gasteiger partial charge in [0.25, 0.3) is 0 Å². The van der Waals surface area contributed by atoms with E-state index in [0.717, 1.165) is 22.4 Å². The Hall–Kier alpha value is -3.54. The van der Waals surface area contributed by atoms with Crippen LogP contribution in [0.15, 0.2) is 73.2 Å². The summed E-state index contributed by atoms with van der Waals surface area (Å²) in [5.41, 5.74) is 3.28. The maximum absolute atomic E-state index is 13.2. The largest absolute Gasteiger partial charge is 0.325 e. The van der Waals surface area contributed by atoms with Gasteiger partial charge in [-0.1, -0.05) is 24.3 Å². The van der Waals surface area contributed by atoms with Gasteiger partial charge in [-0.25, -0.2) is 14.4 Å². The maximum atomic E-state index is 13.2. The Labute approximate surface area is 155 Å². The van der Waals surface area contributed by atoms with Gasteiger partial charge < -0.3 is 5.32 Å². The number of nitrogens with one attached hydrogen (secondary N) is 1. The van der Waals surface area contributed by atoms with Crippen LogP contribution in [-0.2, 0) is 11.2 Å². The van der Waals surface area contributed by atoms with Gasteiger partial charge in [0.2, 0.25) is 5.91 Å². The molecule has 0 aliphatic carbocycles. The number of imidazole rings is 1. The summed E-state index contributed by atoms with van der Waals surface area (Å²) in [7, 11) is 0. The third-order valence-electron chi connectivity index (χ3n) is 4.26. The van der Waals surface area contributed by atoms with Crippen molar-refractivity contribution < 1.29 is 9.18 Å². The van der Waals surface area contributed by atoms with Crippen LogP contribution in [0.1, 0.15) is 12.0 Å². The Morgan fingerprint density at radius 2 is 1.93 bits per heavy atom. The molecule has 27 heavy (non-hydrogen) atoms. The molecule has 0 saturated heterocycles. The summed E-state index contributed by atoms with van der Waals surface area (Å²) < 4.78 is 15.1. The highest BCUT2D eigenvalue weighted by atomic mass is 19.1. The quantitative estimate of drug-likeness (QED) is 0.582. The molecule has 4 aromatic rings. The van der Waals surface area contributed by atoms with Gasteiger partial charge in [0.1, 0.15) is 18.0 Å². The van der Waals surface area contributed by atoms with Crippen molar-refractivity contribution in [2.75, 3.05) is 5.32 Å². The molecule has 2 aromatic heterocycles. The monoisotopic (exact) mass is 360 g/mol. The highest BCUT2D eigenvalue weighted by Gasteiger charge is 2.07. The van der Waals surface area contributed by atoms with Crippen LogP contribution in [0.2, 0.25) is 0 Å². The van der Waals surface area contributed by atoms with Crippen molar-refractivity contribution >= 4 is 22.6 Å². The van der Waals surface area contributed by atoms with Crippen molar-refractivity contribution in [2.45, 2.75) is 12.8 Å². The number of para-hydroxylation sites is 2. The minimum atomic E-state index is -0.292. The van der Waals surface area contributed by atoms with Gasteiger partial charge in [0.05, 0.1) is 22.9 Å². The zero-order valence-electron chi connectivity index (χ0n) is 14.5. The number of benzene rings is 2. The topological polar surface area (TPSA) is 59.8 Å². The second kappa shape index (κ2) is 7.37. The highest BCUT2D eigenvalue weighted by Crippen LogP contribution is 2.17. The van der Waals surface area contributed by atoms with Crippen LogP contribution >= 0.6 is 0 Å². The first kappa shape index (κ1) is 16.9. The predicted molar refractivity (Wildman–Crippen MR) is 102 cm³/mol. The summed E-state index contributed by atoms with van der Waals surface area (Å²) in [5, 5.41) is 2.82. The average Bonchev–Trinajstić information content (AvgIpc) is 3.11. The van der Waals surface area contributed by atoms with Crippen LogP contribution in [-0.4, -0.2) is 20.4 Å². The smallest absolute Gasteiger partial charge is 0.224 e. The van der Waals surface area contributed by atoms with Crippen molar-refractivity contribution in [1.29, 1.82) is 0 Å². The van der Waals surface area contributed by atoms with Gasteiger partial charge >= 0.3 is 0 Å². The van der Waals surface area contributed by atoms with Crippen molar-refractivity contribution in [3.8, 4) is 5.82 Å². The fourth-order valence-electron chi connectivity index (χ4n) is 2.92. The van der Waals surface area contributed by atoms with Gasteiger partial charge in [-0.3, -0.25) is 9.36 Å². The minimum absolute atomic E-state index is 0.137. The summed E-state index contributed by atoms with van der Waals surface area (Å²) in [6, 6.07) is 17.7. The molecule has 2 aromatic carbocycles. The molecule has 134 valence electrons. The molecule has 0 aliphatic heterocycles. The van der Waals surface area contributed by atoms with E-state index >= 15 is 0 Å². The van der Waals surface area contributed by atoms with Gasteiger partial charge in [0.15, 0.2) is 0 Å². The average molecular weight is 360 g/mol. The van der Waals surface area contributed by atoms with Crippen molar-refractivity contribution in [2.24, 2.45) is 0 Å². The molecule has 0 atom stereocenters. The van der Waals surface area contributed by atoms with Crippen LogP contribution < -0.4 is 5.32 Å². The van der Waals surface area contributed by atoms with Gasteiger partial charge in [0, 0.05) is 6.42 Å². The van der Waals surface area contributed by atoms with E-state index in [1.165, 1.54) is 12.1 Å². The van der Waals surface area contributed by atoms with Crippen LogP contribution in [0.25, 0.3) is 16.9 Å². The Morgan fingerprint density at radius 3 is 2.74 bits per heavy atom. The number of carbonyl (C=O) groups excluding carboxylic acids is 1. The SMILES string of the molecule is O=C(CCc1cccc(F)c1)Nc1ccc(-n2cnc3ccccc32)nc1. The number of aromatic nitrogens is 3. The van der Waals surface area contributed by atoms with Crippen LogP contribution in [0.4, 0.5) is 10.1 Å². The van der Waals surface area contributed by atoms with Crippen LogP contribution in [0.3, 0.4) is 0 Å². The number of hydrogen-bond acceptors (Lipinski definition) is 3. The molecule has 0 bridgehead atoms. The number of fused-ring (bicyclic) bond motifs is 1. The van der Waals surface area contributed by atoms with E-state index in [9.17, 15) is 9.18 Å². The Balaban J connectivity index is 1.41. The molecule has 5 nitrogen and oxygen atoms in total. The van der Waals surface area contributed by atoms with Crippen molar-refractivity contribution in [3.05, 3.63) is 84.6 Å². The first-order valence-corrected chi connectivity index (χ1v) is 8.62. The lowest BCUT2D eigenvalue weighted by molar-refractivity contribution is -0.116. The number of anilines is 1. The second-order valence-electron chi connectivity index (χ2n) is 6.19. The first-order chi connectivity index (χ1) is 13.2. The Morgan fingerprint density at radius 1 is 1.04 bits per heavy atom. The predicted octanol–water partition coefficient (Wildman–Crippen LogP) is 4.13. The van der Waals surface area contributed by atoms with Gasteiger partial charge in [-0.2, -0.15) is 0 Å². The molecule has 2 heterocycles. The Bertz CT molecular complexity index is 1090. The molecule has 0 saturated carbocycles. The molecule has 4 rings (SSSR count). The third-order valence-corrected chi connectivity index (χ3v) is 4.26. The highest BCUT2D eigenvalue weighted by molar-refractivity contribution is 5.90. The number of hydrogen-bond donors (Lipinski definition) is 1. The van der Waals surface area contributed by atoms with E-state index in [2.05, 4.69) is 15.3 Å². The summed E-state index contributed by atoms with van der Waals surface area (Å²) in [6.07, 6.45) is 4.10. The van der Waals surface area contributed by atoms with E-state index < -0.39 is 0 Å². The summed E-state index contributed by atoms with van der Waals surface area (Å²) >= 11 is 0. The zero-order chi connectivity index (χ0) is 18.6. The third kappa shape index (κ3) is 3.84. The summed E-state index contributed by atoms with van der Waals surface area (Å²) in [5.74, 6) is 0.295. The van der Waals surface area contributed by atoms with E-state index in [-0.39, 0.29) is 18.1 Å². The molecule has 0 aliphatic rings. The fourth-order valence-corrected chi connectivity index (χ4v) is 2.92. The van der Waals surface area contributed by atoms with Crippen LogP contribution in [0, 0.1) is 5.82 Å². The maximum Gasteiger partial charge on any atom is 0.224 e. The number of aryl methyl sites for hydroxylation is 1. The number of amides is 1. The molecular weight excluding hydrogens is 343 g/mol. The lowest BCUT2D eigenvalue weighted by Crippen LogP contribution is -2.12. The van der Waals surface area contributed by atoms with E-state index in [1.54, 1.807) is 24.7 Å². The second-order valence-corrected chi connectivity index (χ2v) is 6.19. The standard InChI is InChI=1S/C21H17FN4O/c22-16-5-3-4-15(12-16)8-11-21(27)25-17-9-10-20(23-13-17)26-14-24-18-6-1-2-7-19(18)26/h1-7,9-10,12-14H,8,11H2,(H,25,27). The number of halogens is 1. The van der Waals surface area contributed by atoms with E-state index in [0.29, 0.717) is 12.1 Å². The minimum Gasteiger partial charge on any atom is -0.325 e. The summed E-state index contributed by atoms with van der Waals surface area (Å²) in [4.78, 5) is 20.9. The number of carbonyl (C=O) groups is 1. The van der Waals surface area contributed by atoms with Gasteiger partial charge in [-0.15, -0.1) is 0 Å². The zero-order valence-corrected chi connectivity index (χ0v) is 14.5. The first-order valence-electron chi connectivity index (χ1n) is 8.62. The van der Waals surface area contributed by atoms with E-state index in [4.69, 9.17) is 0 Å². The number of nitrogens with zero attached hydrogens (tertiary/aromatic N) is 3. The van der Waals surface area contributed by atoms with Crippen molar-refractivity contribution in [1.82, 2.24) is 14.5 Å². The molecular formula is C21H17FN4O. The molecule has 6 heteroatoms. The molecule has 0 radical (unpaired) electrons. The number of pyridine rings is 1. The molecule has 0 spiro atoms. The summed E-state index contributed by atoms with van der Waals surface area (Å²) in [6.45, 7) is 0. The van der Waals surface area contributed by atoms with Gasteiger partial charge in [-0.05, 0) is 48.4 Å². The van der Waals surface area contributed by atoms with Crippen molar-refractivity contribution in [3.63, 3.8) is 0 Å². The fraction of sp³-hybridized carbons (Fsp3) is 0.0952. The molecule has 1 amide bonds. The molecule has 0 fully saturated rings. The molecule has 1 N–H and O–H groups in total. The lowest BCUT2D eigenvalue weighted by atomic mass is 10.1. The lowest BCUT2D eigenvalue weighted by Gasteiger charge is -2.07. The normalized spacial score (nSPS) is 10.9. The number of rotatable bonds is 5.